The molecule has 7 heteroatoms. The maximum Gasteiger partial charge on any atom is 0.322 e. The highest BCUT2D eigenvalue weighted by Crippen LogP contribution is 2.38. The molecule has 3 heterocycles. The molecule has 0 saturated carbocycles. The van der Waals surface area contributed by atoms with Gasteiger partial charge in [0, 0.05) is 18.0 Å². The Morgan fingerprint density at radius 1 is 1.33 bits per heavy atom. The highest BCUT2D eigenvalue weighted by atomic mass is 32.1. The second-order valence-corrected chi connectivity index (χ2v) is 8.43. The van der Waals surface area contributed by atoms with Gasteiger partial charge >= 0.3 is 6.03 Å². The van der Waals surface area contributed by atoms with Crippen molar-refractivity contribution < 1.29 is 14.5 Å². The van der Waals surface area contributed by atoms with Gasteiger partial charge in [0.25, 0.3) is 5.91 Å². The molecule has 148 valence electrons. The van der Waals surface area contributed by atoms with Crippen molar-refractivity contribution in [2.75, 3.05) is 33.2 Å². The van der Waals surface area contributed by atoms with Crippen LogP contribution in [-0.2, 0) is 4.79 Å². The number of likely N-dealkylation sites (N-methyl/N-ethyl adjacent to an activating group) is 1. The van der Waals surface area contributed by atoms with Crippen LogP contribution in [0.25, 0.3) is 0 Å². The number of urea groups is 1. The molecule has 0 bridgehead atoms. The number of amides is 3. The van der Waals surface area contributed by atoms with Gasteiger partial charge in [0.1, 0.15) is 0 Å². The number of quaternary nitrogens is 1. The normalized spacial score (nSPS) is 21.1. The van der Waals surface area contributed by atoms with E-state index in [1.807, 2.05) is 22.4 Å². The van der Waals surface area contributed by atoms with Crippen LogP contribution >= 0.6 is 11.3 Å². The molecule has 2 N–H and O–H groups in total. The third-order valence-electron chi connectivity index (χ3n) is 5.90. The van der Waals surface area contributed by atoms with E-state index in [2.05, 4.69) is 26.1 Å². The van der Waals surface area contributed by atoms with E-state index in [1.54, 1.807) is 28.2 Å². The van der Waals surface area contributed by atoms with E-state index in [0.29, 0.717) is 6.54 Å². The van der Waals surface area contributed by atoms with Crippen molar-refractivity contribution in [2.45, 2.75) is 45.7 Å². The van der Waals surface area contributed by atoms with Crippen molar-refractivity contribution >= 4 is 23.3 Å². The fraction of sp³-hybridized carbons (Fsp3) is 0.600. The quantitative estimate of drug-likeness (QED) is 0.708. The number of carbonyl (C=O) groups excluding carboxylic acids is 2. The molecule has 1 aromatic heterocycles. The van der Waals surface area contributed by atoms with Gasteiger partial charge in [0.15, 0.2) is 0 Å². The lowest BCUT2D eigenvalue weighted by atomic mass is 10.0. The van der Waals surface area contributed by atoms with E-state index < -0.39 is 0 Å². The molecule has 1 aromatic rings. The van der Waals surface area contributed by atoms with Crippen LogP contribution in [0.2, 0.25) is 0 Å². The monoisotopic (exact) mass is 391 g/mol. The van der Waals surface area contributed by atoms with Gasteiger partial charge in [-0.2, -0.15) is 0 Å². The molecule has 2 aliphatic rings. The minimum Gasteiger partial charge on any atom is -0.335 e. The Kier molecular flexibility index (Phi) is 6.22. The molecule has 0 aromatic carbocycles. The van der Waals surface area contributed by atoms with Crippen LogP contribution in [0, 0.1) is 0 Å². The number of carbonyl (C=O) groups is 2. The SMILES string of the molecule is CC[NH+](CC)CCC[C@H](C)N1CC2=C(C1=O)[C@H](c1cccs1)NC(=O)N2C. The van der Waals surface area contributed by atoms with Gasteiger partial charge in [-0.25, -0.2) is 4.79 Å². The summed E-state index contributed by atoms with van der Waals surface area (Å²) < 4.78 is 0. The molecule has 3 amide bonds. The number of thiophene rings is 1. The second-order valence-electron chi connectivity index (χ2n) is 7.45. The third kappa shape index (κ3) is 3.89. The second kappa shape index (κ2) is 8.44. The summed E-state index contributed by atoms with van der Waals surface area (Å²) in [5.41, 5.74) is 1.59. The summed E-state index contributed by atoms with van der Waals surface area (Å²) in [5.74, 6) is 0.0675. The van der Waals surface area contributed by atoms with Gasteiger partial charge in [-0.1, -0.05) is 6.07 Å². The Morgan fingerprint density at radius 3 is 2.70 bits per heavy atom. The highest BCUT2D eigenvalue weighted by Gasteiger charge is 2.44. The summed E-state index contributed by atoms with van der Waals surface area (Å²) in [5, 5.41) is 4.97. The minimum atomic E-state index is -0.325. The number of hydrogen-bond acceptors (Lipinski definition) is 3. The number of rotatable bonds is 8. The topological polar surface area (TPSA) is 57.1 Å². The predicted octanol–water partition coefficient (Wildman–Crippen LogP) is 1.63. The van der Waals surface area contributed by atoms with Gasteiger partial charge in [-0.05, 0) is 45.1 Å². The zero-order valence-corrected chi connectivity index (χ0v) is 17.6. The molecule has 0 unspecified atom stereocenters. The predicted molar refractivity (Wildman–Crippen MR) is 108 cm³/mol. The fourth-order valence-corrected chi connectivity index (χ4v) is 4.80. The number of nitrogens with zero attached hydrogens (tertiary/aromatic N) is 2. The third-order valence-corrected chi connectivity index (χ3v) is 6.84. The van der Waals surface area contributed by atoms with Gasteiger partial charge in [0.2, 0.25) is 0 Å². The Hall–Kier alpha value is -1.86. The maximum absolute atomic E-state index is 13.2. The molecule has 27 heavy (non-hydrogen) atoms. The molecule has 0 spiro atoms. The standard InChI is InChI=1S/C20H30N4O2S/c1-5-23(6-2)11-7-9-14(3)24-13-15-17(19(24)25)18(16-10-8-12-27-16)21-20(26)22(15)4/h8,10,12,14,18H,5-7,9,11,13H2,1-4H3,(H,21,26)/p+1/t14-,18-/m0/s1. The molecular formula is C20H31N4O2S+. The van der Waals surface area contributed by atoms with E-state index in [1.165, 1.54) is 0 Å². The summed E-state index contributed by atoms with van der Waals surface area (Å²) in [7, 11) is 1.75. The largest absolute Gasteiger partial charge is 0.335 e. The first-order valence-corrected chi connectivity index (χ1v) is 10.8. The van der Waals surface area contributed by atoms with Crippen LogP contribution in [0.1, 0.15) is 44.5 Å². The summed E-state index contributed by atoms with van der Waals surface area (Å²) in [6.45, 7) is 10.5. The Labute approximate surface area is 165 Å². The lowest BCUT2D eigenvalue weighted by molar-refractivity contribution is -0.896. The van der Waals surface area contributed by atoms with E-state index >= 15 is 0 Å². The molecule has 2 atom stereocenters. The Morgan fingerprint density at radius 2 is 2.07 bits per heavy atom. The summed E-state index contributed by atoms with van der Waals surface area (Å²) >= 11 is 1.57. The van der Waals surface area contributed by atoms with Gasteiger partial charge in [-0.3, -0.25) is 9.69 Å². The zero-order valence-electron chi connectivity index (χ0n) is 16.7. The van der Waals surface area contributed by atoms with Crippen LogP contribution in [0.3, 0.4) is 0 Å². The lowest BCUT2D eigenvalue weighted by Crippen LogP contribution is -3.11. The molecular weight excluding hydrogens is 360 g/mol. The van der Waals surface area contributed by atoms with Gasteiger partial charge in [0.05, 0.1) is 43.5 Å². The number of nitrogens with one attached hydrogen (secondary N) is 2. The van der Waals surface area contributed by atoms with E-state index in [0.717, 1.165) is 48.6 Å². The van der Waals surface area contributed by atoms with Crippen LogP contribution < -0.4 is 10.2 Å². The van der Waals surface area contributed by atoms with Gasteiger partial charge in [-0.15, -0.1) is 11.3 Å². The van der Waals surface area contributed by atoms with Gasteiger partial charge < -0.3 is 15.1 Å². The Balaban J connectivity index is 1.72. The fourth-order valence-electron chi connectivity index (χ4n) is 4.02. The van der Waals surface area contributed by atoms with Crippen molar-refractivity contribution in [3.63, 3.8) is 0 Å². The first-order valence-electron chi connectivity index (χ1n) is 9.93. The first-order chi connectivity index (χ1) is 13.0. The van der Waals surface area contributed by atoms with Crippen LogP contribution in [0.15, 0.2) is 28.8 Å². The first kappa shape index (κ1) is 19.9. The summed E-state index contributed by atoms with van der Waals surface area (Å²) in [6, 6.07) is 3.65. The molecule has 0 radical (unpaired) electrons. The van der Waals surface area contributed by atoms with Crippen molar-refractivity contribution in [3.05, 3.63) is 33.7 Å². The smallest absolute Gasteiger partial charge is 0.322 e. The summed E-state index contributed by atoms with van der Waals surface area (Å²) in [6.07, 6.45) is 2.10. The molecule has 0 fully saturated rings. The summed E-state index contributed by atoms with van der Waals surface area (Å²) in [4.78, 5) is 31.8. The van der Waals surface area contributed by atoms with E-state index in [4.69, 9.17) is 0 Å². The molecule has 6 nitrogen and oxygen atoms in total. The van der Waals surface area contributed by atoms with Crippen molar-refractivity contribution in [3.8, 4) is 0 Å². The lowest BCUT2D eigenvalue weighted by Gasteiger charge is -2.30. The zero-order chi connectivity index (χ0) is 19.6. The average molecular weight is 392 g/mol. The number of hydrogen-bond donors (Lipinski definition) is 2. The Bertz CT molecular complexity index is 712. The maximum atomic E-state index is 13.2. The van der Waals surface area contributed by atoms with Crippen molar-refractivity contribution in [1.82, 2.24) is 15.1 Å². The molecule has 3 rings (SSSR count). The van der Waals surface area contributed by atoms with Crippen LogP contribution in [-0.4, -0.2) is 61.0 Å². The molecule has 0 aliphatic carbocycles. The van der Waals surface area contributed by atoms with Crippen molar-refractivity contribution in [1.29, 1.82) is 0 Å². The molecule has 0 saturated heterocycles. The van der Waals surface area contributed by atoms with E-state index in [-0.39, 0.29) is 24.0 Å². The minimum absolute atomic E-state index is 0.0675. The van der Waals surface area contributed by atoms with Crippen LogP contribution in [0.5, 0.6) is 0 Å². The van der Waals surface area contributed by atoms with E-state index in [9.17, 15) is 9.59 Å². The van der Waals surface area contributed by atoms with Crippen molar-refractivity contribution in [2.24, 2.45) is 0 Å². The molecule has 2 aliphatic heterocycles. The van der Waals surface area contributed by atoms with Crippen LogP contribution in [0.4, 0.5) is 4.79 Å². The average Bonchev–Trinajstić information content (AvgIpc) is 3.30. The highest BCUT2D eigenvalue weighted by molar-refractivity contribution is 7.10.